The highest BCUT2D eigenvalue weighted by molar-refractivity contribution is 5.72. The zero-order valence-electron chi connectivity index (χ0n) is 13.8. The molecule has 0 fully saturated rings. The first-order valence-electron chi connectivity index (χ1n) is 7.37. The Morgan fingerprint density at radius 2 is 1.95 bits per heavy atom. The number of nitrogens with zero attached hydrogens (tertiary/aromatic N) is 3. The number of hydrogen-bond donors (Lipinski definition) is 1. The lowest BCUT2D eigenvalue weighted by Crippen LogP contribution is -2.35. The summed E-state index contributed by atoms with van der Waals surface area (Å²) < 4.78 is 1.94. The number of rotatable bonds is 5. The molecule has 22 heavy (non-hydrogen) atoms. The summed E-state index contributed by atoms with van der Waals surface area (Å²) in [6.45, 7) is 8.32. The van der Waals surface area contributed by atoms with Crippen LogP contribution in [0.4, 0.5) is 0 Å². The van der Waals surface area contributed by atoms with Gasteiger partial charge < -0.3 is 5.11 Å². The van der Waals surface area contributed by atoms with Crippen LogP contribution in [0, 0.1) is 20.8 Å². The van der Waals surface area contributed by atoms with Crippen LogP contribution in [0.3, 0.4) is 0 Å². The minimum atomic E-state index is -0.816. The molecule has 0 aliphatic rings. The predicted molar refractivity (Wildman–Crippen MR) is 86.3 cm³/mol. The van der Waals surface area contributed by atoms with Crippen LogP contribution in [0.2, 0.25) is 0 Å². The van der Waals surface area contributed by atoms with Gasteiger partial charge in [-0.05, 0) is 46.4 Å². The molecular weight excluding hydrogens is 278 g/mol. The molecule has 5 heteroatoms. The van der Waals surface area contributed by atoms with Gasteiger partial charge in [-0.3, -0.25) is 9.69 Å². The van der Waals surface area contributed by atoms with E-state index in [0.717, 1.165) is 28.2 Å². The van der Waals surface area contributed by atoms with Crippen molar-refractivity contribution in [1.29, 1.82) is 0 Å². The van der Waals surface area contributed by atoms with Crippen molar-refractivity contribution >= 4 is 5.97 Å². The Balaban J connectivity index is 2.36. The maximum absolute atomic E-state index is 11.1. The molecule has 1 N–H and O–H groups in total. The maximum Gasteiger partial charge on any atom is 0.320 e. The molecule has 2 rings (SSSR count). The van der Waals surface area contributed by atoms with E-state index in [1.807, 2.05) is 48.7 Å². The average molecular weight is 301 g/mol. The van der Waals surface area contributed by atoms with Crippen molar-refractivity contribution in [2.75, 3.05) is 7.05 Å². The number of likely N-dealkylation sites (N-methyl/N-ethyl adjacent to an activating group) is 1. The molecular formula is C17H23N3O2. The summed E-state index contributed by atoms with van der Waals surface area (Å²) in [4.78, 5) is 12.9. The van der Waals surface area contributed by atoms with Gasteiger partial charge in [0.05, 0.1) is 11.4 Å². The highest BCUT2D eigenvalue weighted by Gasteiger charge is 2.21. The van der Waals surface area contributed by atoms with Crippen molar-refractivity contribution in [3.8, 4) is 5.69 Å². The highest BCUT2D eigenvalue weighted by Crippen LogP contribution is 2.21. The molecule has 1 aromatic carbocycles. The largest absolute Gasteiger partial charge is 0.480 e. The van der Waals surface area contributed by atoms with E-state index in [2.05, 4.69) is 18.1 Å². The lowest BCUT2D eigenvalue weighted by molar-refractivity contribution is -0.142. The first-order chi connectivity index (χ1) is 10.3. The SMILES string of the molecule is Cc1ccccc1-n1nc(C)c(CN(C)C(C)C(=O)O)c1C. The van der Waals surface area contributed by atoms with Crippen LogP contribution in [0.1, 0.15) is 29.4 Å². The van der Waals surface area contributed by atoms with Gasteiger partial charge in [-0.2, -0.15) is 5.10 Å². The Morgan fingerprint density at radius 1 is 1.32 bits per heavy atom. The van der Waals surface area contributed by atoms with Gasteiger partial charge in [-0.15, -0.1) is 0 Å². The van der Waals surface area contributed by atoms with Crippen LogP contribution in [0.25, 0.3) is 5.69 Å². The van der Waals surface area contributed by atoms with Gasteiger partial charge in [0.15, 0.2) is 0 Å². The number of benzene rings is 1. The van der Waals surface area contributed by atoms with Crippen molar-refractivity contribution in [2.24, 2.45) is 0 Å². The molecule has 0 aliphatic carbocycles. The summed E-state index contributed by atoms with van der Waals surface area (Å²) in [5, 5.41) is 13.8. The molecule has 0 radical (unpaired) electrons. The molecule has 0 saturated carbocycles. The number of aryl methyl sites for hydroxylation is 2. The van der Waals surface area contributed by atoms with Crippen molar-refractivity contribution in [2.45, 2.75) is 40.3 Å². The normalized spacial score (nSPS) is 12.6. The third kappa shape index (κ3) is 3.04. The van der Waals surface area contributed by atoms with Gasteiger partial charge >= 0.3 is 5.97 Å². The summed E-state index contributed by atoms with van der Waals surface area (Å²) in [6, 6.07) is 7.58. The standard InChI is InChI=1S/C17H23N3O2/c1-11-8-6-7-9-16(11)20-13(3)15(12(2)18-20)10-19(5)14(4)17(21)22/h6-9,14H,10H2,1-5H3,(H,21,22). The first-order valence-corrected chi connectivity index (χ1v) is 7.37. The molecule has 0 aliphatic heterocycles. The minimum absolute atomic E-state index is 0.527. The van der Waals surface area contributed by atoms with Gasteiger partial charge in [0, 0.05) is 17.8 Å². The Labute approximate surface area is 131 Å². The summed E-state index contributed by atoms with van der Waals surface area (Å²) >= 11 is 0. The average Bonchev–Trinajstić information content (AvgIpc) is 2.74. The maximum atomic E-state index is 11.1. The number of aliphatic carboxylic acids is 1. The number of para-hydroxylation sites is 1. The Morgan fingerprint density at radius 3 is 2.55 bits per heavy atom. The van der Waals surface area contributed by atoms with Crippen LogP contribution in [-0.4, -0.2) is 38.8 Å². The van der Waals surface area contributed by atoms with E-state index < -0.39 is 12.0 Å². The molecule has 1 atom stereocenters. The van der Waals surface area contributed by atoms with E-state index >= 15 is 0 Å². The monoisotopic (exact) mass is 301 g/mol. The van der Waals surface area contributed by atoms with Gasteiger partial charge in [-0.1, -0.05) is 18.2 Å². The number of carbonyl (C=O) groups is 1. The second-order valence-electron chi connectivity index (χ2n) is 5.78. The topological polar surface area (TPSA) is 58.4 Å². The van der Waals surface area contributed by atoms with E-state index in [0.29, 0.717) is 6.54 Å². The molecule has 2 aromatic rings. The zero-order valence-corrected chi connectivity index (χ0v) is 13.8. The third-order valence-corrected chi connectivity index (χ3v) is 4.21. The van der Waals surface area contributed by atoms with Crippen molar-refractivity contribution in [3.05, 3.63) is 46.8 Å². The zero-order chi connectivity index (χ0) is 16.4. The van der Waals surface area contributed by atoms with E-state index in [9.17, 15) is 4.79 Å². The van der Waals surface area contributed by atoms with Crippen molar-refractivity contribution < 1.29 is 9.90 Å². The third-order valence-electron chi connectivity index (χ3n) is 4.21. The van der Waals surface area contributed by atoms with E-state index in [4.69, 9.17) is 5.11 Å². The molecule has 0 bridgehead atoms. The molecule has 0 spiro atoms. The lowest BCUT2D eigenvalue weighted by Gasteiger charge is -2.21. The number of carboxylic acids is 1. The summed E-state index contributed by atoms with van der Waals surface area (Å²) in [6.07, 6.45) is 0. The smallest absolute Gasteiger partial charge is 0.320 e. The number of hydrogen-bond acceptors (Lipinski definition) is 3. The molecule has 118 valence electrons. The van der Waals surface area contributed by atoms with Gasteiger partial charge in [0.25, 0.3) is 0 Å². The summed E-state index contributed by atoms with van der Waals surface area (Å²) in [5.41, 5.74) is 5.29. The molecule has 0 saturated heterocycles. The molecule has 5 nitrogen and oxygen atoms in total. The van der Waals surface area contributed by atoms with Crippen LogP contribution < -0.4 is 0 Å². The fourth-order valence-electron chi connectivity index (χ4n) is 2.51. The second kappa shape index (κ2) is 6.32. The quantitative estimate of drug-likeness (QED) is 0.922. The van der Waals surface area contributed by atoms with Crippen LogP contribution in [-0.2, 0) is 11.3 Å². The minimum Gasteiger partial charge on any atom is -0.480 e. The van der Waals surface area contributed by atoms with Gasteiger partial charge in [-0.25, -0.2) is 4.68 Å². The number of aromatic nitrogens is 2. The summed E-state index contributed by atoms with van der Waals surface area (Å²) in [7, 11) is 1.82. The van der Waals surface area contributed by atoms with Gasteiger partial charge in [0.1, 0.15) is 6.04 Å². The molecule has 0 amide bonds. The fourth-order valence-corrected chi connectivity index (χ4v) is 2.51. The lowest BCUT2D eigenvalue weighted by atomic mass is 10.1. The van der Waals surface area contributed by atoms with Crippen molar-refractivity contribution in [1.82, 2.24) is 14.7 Å². The molecule has 1 unspecified atom stereocenters. The number of carboxylic acid groups (broad SMARTS) is 1. The van der Waals surface area contributed by atoms with Gasteiger partial charge in [0.2, 0.25) is 0 Å². The van der Waals surface area contributed by atoms with Crippen LogP contribution in [0.15, 0.2) is 24.3 Å². The van der Waals surface area contributed by atoms with E-state index in [-0.39, 0.29) is 0 Å². The molecule has 1 aromatic heterocycles. The Kier molecular flexibility index (Phi) is 4.66. The van der Waals surface area contributed by atoms with E-state index in [1.165, 1.54) is 0 Å². The van der Waals surface area contributed by atoms with E-state index in [1.54, 1.807) is 6.92 Å². The molecule has 1 heterocycles. The van der Waals surface area contributed by atoms with Crippen molar-refractivity contribution in [3.63, 3.8) is 0 Å². The first kappa shape index (κ1) is 16.2. The predicted octanol–water partition coefficient (Wildman–Crippen LogP) is 2.70. The highest BCUT2D eigenvalue weighted by atomic mass is 16.4. The van der Waals surface area contributed by atoms with Crippen LogP contribution >= 0.6 is 0 Å². The Hall–Kier alpha value is -2.14. The second-order valence-corrected chi connectivity index (χ2v) is 5.78. The Bertz CT molecular complexity index is 691. The van der Waals surface area contributed by atoms with Crippen LogP contribution in [0.5, 0.6) is 0 Å². The summed E-state index contributed by atoms with van der Waals surface area (Å²) in [5.74, 6) is -0.816. The fraction of sp³-hybridized carbons (Fsp3) is 0.412.